The Morgan fingerprint density at radius 2 is 1.63 bits per heavy atom. The molecule has 0 spiro atoms. The maximum Gasteiger partial charge on any atom is 0.416 e. The number of thioether (sulfide) groups is 1. The van der Waals surface area contributed by atoms with Gasteiger partial charge in [0, 0.05) is 31.7 Å². The summed E-state index contributed by atoms with van der Waals surface area (Å²) < 4.78 is 47.0. The summed E-state index contributed by atoms with van der Waals surface area (Å²) in [6, 6.07) is 17.1. The minimum Gasteiger partial charge on any atom is -0.489 e. The third-order valence-electron chi connectivity index (χ3n) is 9.77. The van der Waals surface area contributed by atoms with Crippen LogP contribution in [0.25, 0.3) is 0 Å². The summed E-state index contributed by atoms with van der Waals surface area (Å²) in [4.78, 5) is 45.2. The van der Waals surface area contributed by atoms with Crippen molar-refractivity contribution >= 4 is 63.8 Å². The lowest BCUT2D eigenvalue weighted by molar-refractivity contribution is -0.137. The van der Waals surface area contributed by atoms with Crippen LogP contribution in [0.3, 0.4) is 0 Å². The number of fused-ring (bicyclic) bond motifs is 9. The Bertz CT molecular complexity index is 1960. The number of thiazole rings is 1. The number of nitrogens with zero attached hydrogens (tertiary/aromatic N) is 1. The lowest BCUT2D eigenvalue weighted by Gasteiger charge is -2.43. The van der Waals surface area contributed by atoms with Gasteiger partial charge in [0.2, 0.25) is 11.8 Å². The Labute approximate surface area is 278 Å². The number of H-pyrrole nitrogens is 1. The molecule has 236 valence electrons. The van der Waals surface area contributed by atoms with E-state index in [9.17, 15) is 27.6 Å². The Balaban J connectivity index is 1.18. The molecule has 3 aromatic carbocycles. The molecule has 2 amide bonds. The highest BCUT2D eigenvalue weighted by Gasteiger charge is 2.70. The first-order valence-corrected chi connectivity index (χ1v) is 17.1. The number of hydrogen-bond acceptors (Lipinski definition) is 6. The fraction of sp³-hybridized carbons (Fsp3) is 0.303. The highest BCUT2D eigenvalue weighted by Crippen LogP contribution is 2.69. The largest absolute Gasteiger partial charge is 0.489 e. The molecule has 3 fully saturated rings. The highest BCUT2D eigenvalue weighted by atomic mass is 35.5. The van der Waals surface area contributed by atoms with E-state index >= 15 is 0 Å². The molecule has 1 N–H and O–H groups in total. The van der Waals surface area contributed by atoms with Crippen molar-refractivity contribution in [2.45, 2.75) is 35.4 Å². The average molecular weight is 704 g/mol. The molecule has 46 heavy (non-hydrogen) atoms. The van der Waals surface area contributed by atoms with E-state index in [1.165, 1.54) is 23.9 Å². The van der Waals surface area contributed by atoms with Crippen LogP contribution in [0, 0.1) is 29.6 Å². The monoisotopic (exact) mass is 702 g/mol. The number of anilines is 1. The summed E-state index contributed by atoms with van der Waals surface area (Å²) in [5.41, 5.74) is 0.697. The molecular weight excluding hydrogens is 680 g/mol. The first-order chi connectivity index (χ1) is 22.0. The smallest absolute Gasteiger partial charge is 0.416 e. The van der Waals surface area contributed by atoms with Gasteiger partial charge in [-0.25, -0.2) is 0 Å². The van der Waals surface area contributed by atoms with Gasteiger partial charge in [-0.3, -0.25) is 19.3 Å². The number of benzene rings is 3. The lowest BCUT2D eigenvalue weighted by Crippen LogP contribution is -2.42. The normalized spacial score (nSPS) is 27.9. The number of carbonyl (C=O) groups is 2. The van der Waals surface area contributed by atoms with E-state index in [-0.39, 0.29) is 46.1 Å². The number of aromatic amines is 1. The molecular formula is C33H23Cl2F3N2O4S2. The summed E-state index contributed by atoms with van der Waals surface area (Å²) in [5.74, 6) is -2.61. The second kappa shape index (κ2) is 10.9. The topological polar surface area (TPSA) is 79.5 Å². The molecule has 7 atom stereocenters. The molecule has 2 aliphatic carbocycles. The van der Waals surface area contributed by atoms with Crippen LogP contribution in [-0.2, 0) is 22.4 Å². The van der Waals surface area contributed by atoms with E-state index in [2.05, 4.69) is 4.98 Å². The highest BCUT2D eigenvalue weighted by molar-refractivity contribution is 8.00. The van der Waals surface area contributed by atoms with Crippen LogP contribution < -0.4 is 14.5 Å². The molecule has 1 aromatic heterocycles. The summed E-state index contributed by atoms with van der Waals surface area (Å²) >= 11 is 15.3. The van der Waals surface area contributed by atoms with E-state index < -0.39 is 35.4 Å². The molecule has 2 bridgehead atoms. The molecule has 13 heteroatoms. The van der Waals surface area contributed by atoms with E-state index in [0.717, 1.165) is 49.4 Å². The first kappa shape index (κ1) is 30.1. The van der Waals surface area contributed by atoms with E-state index in [4.69, 9.17) is 27.9 Å². The second-order valence-corrected chi connectivity index (χ2v) is 15.2. The number of ether oxygens (including phenoxy) is 1. The van der Waals surface area contributed by atoms with Crippen LogP contribution in [0.15, 0.2) is 76.6 Å². The zero-order valence-corrected chi connectivity index (χ0v) is 26.7. The third kappa shape index (κ3) is 4.72. The zero-order chi connectivity index (χ0) is 32.1. The van der Waals surface area contributed by atoms with Crippen LogP contribution in [0.4, 0.5) is 18.9 Å². The van der Waals surface area contributed by atoms with Crippen molar-refractivity contribution in [3.63, 3.8) is 0 Å². The fourth-order valence-electron chi connectivity index (χ4n) is 8.08. The maximum absolute atomic E-state index is 14.0. The molecule has 1 saturated heterocycles. The maximum atomic E-state index is 14.0. The van der Waals surface area contributed by atoms with Gasteiger partial charge in [-0.05, 0) is 78.3 Å². The Kier molecular flexibility index (Phi) is 7.13. The Hall–Kier alpha value is -3.25. The number of aromatic nitrogens is 1. The van der Waals surface area contributed by atoms with Crippen LogP contribution in [0.2, 0.25) is 10.0 Å². The van der Waals surface area contributed by atoms with E-state index in [1.54, 1.807) is 24.3 Å². The van der Waals surface area contributed by atoms with Gasteiger partial charge < -0.3 is 9.72 Å². The van der Waals surface area contributed by atoms with Crippen molar-refractivity contribution in [3.8, 4) is 5.75 Å². The van der Waals surface area contributed by atoms with Crippen molar-refractivity contribution in [3.05, 3.63) is 108 Å². The molecule has 3 heterocycles. The molecule has 2 aliphatic heterocycles. The van der Waals surface area contributed by atoms with Gasteiger partial charge in [0.1, 0.15) is 12.4 Å². The minimum atomic E-state index is -4.62. The van der Waals surface area contributed by atoms with Crippen LogP contribution in [0.5, 0.6) is 5.75 Å². The van der Waals surface area contributed by atoms with Gasteiger partial charge in [0.15, 0.2) is 0 Å². The second-order valence-electron chi connectivity index (χ2n) is 12.1. The van der Waals surface area contributed by atoms with E-state index in [0.29, 0.717) is 22.2 Å². The van der Waals surface area contributed by atoms with Crippen molar-refractivity contribution in [2.24, 2.45) is 29.6 Å². The zero-order valence-electron chi connectivity index (χ0n) is 23.6. The average Bonchev–Trinajstić information content (AvgIpc) is 3.75. The number of rotatable bonds is 5. The molecule has 0 radical (unpaired) electrons. The van der Waals surface area contributed by atoms with Crippen LogP contribution in [-0.4, -0.2) is 22.0 Å². The van der Waals surface area contributed by atoms with Gasteiger partial charge in [-0.2, -0.15) is 13.2 Å². The van der Waals surface area contributed by atoms with Crippen molar-refractivity contribution in [1.29, 1.82) is 0 Å². The van der Waals surface area contributed by atoms with Crippen LogP contribution >= 0.6 is 46.3 Å². The number of imide groups is 1. The number of alkyl halides is 3. The molecule has 5 unspecified atom stereocenters. The number of nitrogens with one attached hydrogen (secondary N) is 1. The van der Waals surface area contributed by atoms with Crippen LogP contribution in [0.1, 0.15) is 33.9 Å². The Morgan fingerprint density at radius 3 is 2.37 bits per heavy atom. The molecule has 2 saturated carbocycles. The number of halogens is 5. The van der Waals surface area contributed by atoms with Gasteiger partial charge in [0.25, 0.3) is 0 Å². The fourth-order valence-corrected chi connectivity index (χ4v) is 11.3. The summed E-state index contributed by atoms with van der Waals surface area (Å²) in [7, 11) is 0. The van der Waals surface area contributed by atoms with Gasteiger partial charge in [-0.1, -0.05) is 52.7 Å². The SMILES string of the molecule is O=C1C2C(C(=O)N1c1cccc(C(F)(F)F)c1)[C@@H]1C[C@H]2C2Sc3[nH]c(=O)sc3C(c3cc(Cl)ccc3OCc3ccc(Cl)cc3)C21. The van der Waals surface area contributed by atoms with Crippen molar-refractivity contribution in [1.82, 2.24) is 4.98 Å². The number of amides is 2. The lowest BCUT2D eigenvalue weighted by atomic mass is 9.68. The number of hydrogen-bond donors (Lipinski definition) is 1. The Morgan fingerprint density at radius 1 is 0.913 bits per heavy atom. The quantitative estimate of drug-likeness (QED) is 0.213. The first-order valence-electron chi connectivity index (χ1n) is 14.6. The molecule has 4 aliphatic rings. The predicted molar refractivity (Wildman–Crippen MR) is 170 cm³/mol. The minimum absolute atomic E-state index is 0.0676. The number of carbonyl (C=O) groups excluding carboxylic acids is 2. The standard InChI is InChI=1S/C33H23Cl2F3N2O4S2/c34-16-6-4-14(5-7-16)13-44-22-9-8-17(35)11-19(22)23-24-20-12-21(27(24)45-29-28(23)46-32(43)39-29)26-25(20)30(41)40(31(26)42)18-3-1-2-15(10-18)33(36,37)38/h1-11,20-21,23-27H,12-13H2,(H,39,43)/t20-,21-,23?,24?,25?,26?,27?/m1/s1. The van der Waals surface area contributed by atoms with Gasteiger partial charge in [-0.15, -0.1) is 11.8 Å². The van der Waals surface area contributed by atoms with Crippen molar-refractivity contribution < 1.29 is 27.5 Å². The summed E-state index contributed by atoms with van der Waals surface area (Å²) in [6.45, 7) is 0.257. The summed E-state index contributed by atoms with van der Waals surface area (Å²) in [5, 5.41) is 1.70. The summed E-state index contributed by atoms with van der Waals surface area (Å²) in [6.07, 6.45) is -3.99. The van der Waals surface area contributed by atoms with E-state index in [1.807, 2.05) is 18.2 Å². The molecule has 6 nitrogen and oxygen atoms in total. The molecule has 4 aromatic rings. The van der Waals surface area contributed by atoms with Gasteiger partial charge >= 0.3 is 11.0 Å². The van der Waals surface area contributed by atoms with Gasteiger partial charge in [0.05, 0.1) is 28.1 Å². The predicted octanol–water partition coefficient (Wildman–Crippen LogP) is 8.02. The third-order valence-corrected chi connectivity index (χ3v) is 12.8. The van der Waals surface area contributed by atoms with Crippen molar-refractivity contribution in [2.75, 3.05) is 4.90 Å². The molecule has 8 rings (SSSR count).